The fourth-order valence-electron chi connectivity index (χ4n) is 1.71. The number of sulfonamides is 1. The smallest absolute Gasteiger partial charge is 0.242 e. The summed E-state index contributed by atoms with van der Waals surface area (Å²) in [6.45, 7) is 1.25. The largest absolute Gasteiger partial charge is 0.376 e. The third-order valence-corrected chi connectivity index (χ3v) is 4.54. The van der Waals surface area contributed by atoms with Gasteiger partial charge in [0.25, 0.3) is 0 Å². The Balaban J connectivity index is 2.45. The van der Waals surface area contributed by atoms with Crippen molar-refractivity contribution in [2.75, 3.05) is 20.7 Å². The fourth-order valence-corrected chi connectivity index (χ4v) is 2.66. The Morgan fingerprint density at radius 3 is 2.69 bits per heavy atom. The Morgan fingerprint density at radius 2 is 2.00 bits per heavy atom. The second kappa shape index (κ2) is 4.16. The molecule has 88 valence electrons. The summed E-state index contributed by atoms with van der Waals surface area (Å²) in [5.41, 5.74) is 2.16. The van der Waals surface area contributed by atoms with Gasteiger partial charge >= 0.3 is 0 Å². The van der Waals surface area contributed by atoms with E-state index in [-0.39, 0.29) is 0 Å². The standard InChI is InChI=1S/C11H15NO3S/c1-12(2)16(13,14)11-4-3-10-8-15-6-5-9(10)7-11/h3-4,7H,5-6,8H2,1-2H3. The maximum atomic E-state index is 11.9. The van der Waals surface area contributed by atoms with Gasteiger partial charge in [-0.3, -0.25) is 0 Å². The van der Waals surface area contributed by atoms with Crippen molar-refractivity contribution in [3.8, 4) is 0 Å². The van der Waals surface area contributed by atoms with Gasteiger partial charge in [-0.2, -0.15) is 0 Å². The first kappa shape index (κ1) is 11.6. The predicted octanol–water partition coefficient (Wildman–Crippen LogP) is 1.01. The zero-order valence-corrected chi connectivity index (χ0v) is 10.3. The van der Waals surface area contributed by atoms with E-state index in [1.165, 1.54) is 18.4 Å². The van der Waals surface area contributed by atoms with Crippen LogP contribution >= 0.6 is 0 Å². The lowest BCUT2D eigenvalue weighted by atomic mass is 10.0. The Labute approximate surface area is 95.9 Å². The van der Waals surface area contributed by atoms with Crippen molar-refractivity contribution in [3.63, 3.8) is 0 Å². The van der Waals surface area contributed by atoms with Crippen molar-refractivity contribution >= 4 is 10.0 Å². The quantitative estimate of drug-likeness (QED) is 0.776. The highest BCUT2D eigenvalue weighted by molar-refractivity contribution is 7.89. The van der Waals surface area contributed by atoms with Crippen molar-refractivity contribution in [2.45, 2.75) is 17.9 Å². The van der Waals surface area contributed by atoms with E-state index in [1.807, 2.05) is 6.07 Å². The second-order valence-electron chi connectivity index (χ2n) is 4.02. The third kappa shape index (κ3) is 1.98. The van der Waals surface area contributed by atoms with Gasteiger partial charge in [0.2, 0.25) is 10.0 Å². The van der Waals surface area contributed by atoms with Crippen LogP contribution in [0.2, 0.25) is 0 Å². The molecule has 0 bridgehead atoms. The van der Waals surface area contributed by atoms with E-state index in [1.54, 1.807) is 12.1 Å². The van der Waals surface area contributed by atoms with E-state index in [0.717, 1.165) is 17.5 Å². The minimum absolute atomic E-state index is 0.359. The Hall–Kier alpha value is -0.910. The summed E-state index contributed by atoms with van der Waals surface area (Å²) >= 11 is 0. The molecular weight excluding hydrogens is 226 g/mol. The number of hydrogen-bond acceptors (Lipinski definition) is 3. The number of benzene rings is 1. The van der Waals surface area contributed by atoms with E-state index >= 15 is 0 Å². The van der Waals surface area contributed by atoms with Crippen LogP contribution in [0, 0.1) is 0 Å². The topological polar surface area (TPSA) is 46.6 Å². The van der Waals surface area contributed by atoms with Crippen LogP contribution in [0.1, 0.15) is 11.1 Å². The number of rotatable bonds is 2. The maximum Gasteiger partial charge on any atom is 0.242 e. The highest BCUT2D eigenvalue weighted by Gasteiger charge is 2.19. The molecule has 0 aromatic heterocycles. The molecule has 0 saturated heterocycles. The van der Waals surface area contributed by atoms with Crippen LogP contribution in [0.15, 0.2) is 23.1 Å². The summed E-state index contributed by atoms with van der Waals surface area (Å²) in [5.74, 6) is 0. The molecule has 1 aromatic carbocycles. The summed E-state index contributed by atoms with van der Waals surface area (Å²) in [6, 6.07) is 5.24. The summed E-state index contributed by atoms with van der Waals surface area (Å²) in [6.07, 6.45) is 0.784. The van der Waals surface area contributed by atoms with E-state index in [9.17, 15) is 8.42 Å². The minimum atomic E-state index is -3.32. The lowest BCUT2D eigenvalue weighted by Gasteiger charge is -2.18. The average molecular weight is 241 g/mol. The van der Waals surface area contributed by atoms with E-state index in [2.05, 4.69) is 0 Å². The summed E-state index contributed by atoms with van der Waals surface area (Å²) < 4.78 is 30.4. The van der Waals surface area contributed by atoms with Gasteiger partial charge in [-0.25, -0.2) is 12.7 Å². The van der Waals surface area contributed by atoms with Gasteiger partial charge < -0.3 is 4.74 Å². The average Bonchev–Trinajstić information content (AvgIpc) is 2.28. The summed E-state index contributed by atoms with van der Waals surface area (Å²) in [4.78, 5) is 0.359. The van der Waals surface area contributed by atoms with Crippen molar-refractivity contribution in [1.82, 2.24) is 4.31 Å². The SMILES string of the molecule is CN(C)S(=O)(=O)c1ccc2c(c1)CCOC2. The monoisotopic (exact) mass is 241 g/mol. The Bertz CT molecular complexity index is 494. The molecule has 4 nitrogen and oxygen atoms in total. The van der Waals surface area contributed by atoms with Gasteiger partial charge in [-0.05, 0) is 29.7 Å². The van der Waals surface area contributed by atoms with Crippen LogP contribution < -0.4 is 0 Å². The van der Waals surface area contributed by atoms with Crippen LogP contribution in [0.3, 0.4) is 0 Å². The van der Waals surface area contributed by atoms with Crippen LogP contribution in [0.25, 0.3) is 0 Å². The van der Waals surface area contributed by atoms with Gasteiger partial charge in [0.15, 0.2) is 0 Å². The van der Waals surface area contributed by atoms with Crippen molar-refractivity contribution in [2.24, 2.45) is 0 Å². The normalized spacial score (nSPS) is 16.2. The number of hydrogen-bond donors (Lipinski definition) is 0. The third-order valence-electron chi connectivity index (χ3n) is 2.73. The van der Waals surface area contributed by atoms with Gasteiger partial charge in [0.05, 0.1) is 18.1 Å². The maximum absolute atomic E-state index is 11.9. The highest BCUT2D eigenvalue weighted by atomic mass is 32.2. The fraction of sp³-hybridized carbons (Fsp3) is 0.455. The molecule has 1 aromatic rings. The van der Waals surface area contributed by atoms with Crippen LogP contribution in [-0.4, -0.2) is 33.4 Å². The first-order chi connectivity index (χ1) is 7.51. The van der Waals surface area contributed by atoms with Crippen molar-refractivity contribution in [3.05, 3.63) is 29.3 Å². The lowest BCUT2D eigenvalue weighted by molar-refractivity contribution is 0.110. The van der Waals surface area contributed by atoms with Crippen LogP contribution in [-0.2, 0) is 27.8 Å². The summed E-state index contributed by atoms with van der Waals surface area (Å²) in [7, 11) is -0.239. The molecule has 0 saturated carbocycles. The molecule has 0 N–H and O–H groups in total. The molecule has 5 heteroatoms. The van der Waals surface area contributed by atoms with Crippen molar-refractivity contribution < 1.29 is 13.2 Å². The van der Waals surface area contributed by atoms with Gasteiger partial charge in [-0.15, -0.1) is 0 Å². The van der Waals surface area contributed by atoms with Crippen LogP contribution in [0.5, 0.6) is 0 Å². The molecular formula is C11H15NO3S. The number of ether oxygens (including phenoxy) is 1. The number of nitrogens with zero attached hydrogens (tertiary/aromatic N) is 1. The molecule has 1 heterocycles. The molecule has 0 amide bonds. The zero-order chi connectivity index (χ0) is 11.8. The molecule has 2 rings (SSSR count). The Morgan fingerprint density at radius 1 is 1.25 bits per heavy atom. The van der Waals surface area contributed by atoms with Crippen LogP contribution in [0.4, 0.5) is 0 Å². The molecule has 16 heavy (non-hydrogen) atoms. The molecule has 0 spiro atoms. The molecule has 0 unspecified atom stereocenters. The van der Waals surface area contributed by atoms with Crippen molar-refractivity contribution in [1.29, 1.82) is 0 Å². The Kier molecular flexibility index (Phi) is 3.01. The van der Waals surface area contributed by atoms with E-state index in [0.29, 0.717) is 18.1 Å². The van der Waals surface area contributed by atoms with Gasteiger partial charge in [0.1, 0.15) is 0 Å². The molecule has 0 atom stereocenters. The minimum Gasteiger partial charge on any atom is -0.376 e. The molecule has 0 aliphatic carbocycles. The molecule has 1 aliphatic rings. The molecule has 1 aliphatic heterocycles. The number of fused-ring (bicyclic) bond motifs is 1. The van der Waals surface area contributed by atoms with E-state index < -0.39 is 10.0 Å². The molecule has 0 radical (unpaired) electrons. The first-order valence-electron chi connectivity index (χ1n) is 5.14. The molecule has 0 fully saturated rings. The van der Waals surface area contributed by atoms with E-state index in [4.69, 9.17) is 4.74 Å². The zero-order valence-electron chi connectivity index (χ0n) is 9.43. The first-order valence-corrected chi connectivity index (χ1v) is 6.58. The lowest BCUT2D eigenvalue weighted by Crippen LogP contribution is -2.23. The predicted molar refractivity (Wildman–Crippen MR) is 60.7 cm³/mol. The summed E-state index contributed by atoms with van der Waals surface area (Å²) in [5, 5.41) is 0. The van der Waals surface area contributed by atoms with Gasteiger partial charge in [0, 0.05) is 14.1 Å². The second-order valence-corrected chi connectivity index (χ2v) is 6.17. The highest BCUT2D eigenvalue weighted by Crippen LogP contribution is 2.22. The van der Waals surface area contributed by atoms with Gasteiger partial charge in [-0.1, -0.05) is 6.07 Å².